The standard InChI is InChI=1S/C16H20N4/c1-12-6-5-7-14(10-12)19-15-11-16(18-13(2)17-15)20-8-3-4-9-20/h5-7,10-11H,3-4,8-9H2,1-2H3,(H,17,18,19). The first-order valence-electron chi connectivity index (χ1n) is 7.15. The molecular formula is C16H20N4. The Hall–Kier alpha value is -2.10. The highest BCUT2D eigenvalue weighted by Gasteiger charge is 2.15. The average Bonchev–Trinajstić information content (AvgIpc) is 2.91. The Kier molecular flexibility index (Phi) is 3.54. The van der Waals surface area contributed by atoms with E-state index in [0.29, 0.717) is 0 Å². The minimum absolute atomic E-state index is 0.810. The van der Waals surface area contributed by atoms with E-state index >= 15 is 0 Å². The molecule has 4 nitrogen and oxygen atoms in total. The van der Waals surface area contributed by atoms with Crippen LogP contribution in [-0.2, 0) is 0 Å². The van der Waals surface area contributed by atoms with E-state index < -0.39 is 0 Å². The number of aryl methyl sites for hydroxylation is 2. The van der Waals surface area contributed by atoms with Gasteiger partial charge in [0.1, 0.15) is 17.5 Å². The molecular weight excluding hydrogens is 248 g/mol. The number of rotatable bonds is 3. The normalized spacial score (nSPS) is 14.6. The number of hydrogen-bond acceptors (Lipinski definition) is 4. The Morgan fingerprint density at radius 2 is 1.85 bits per heavy atom. The number of nitrogens with zero attached hydrogens (tertiary/aromatic N) is 3. The van der Waals surface area contributed by atoms with Crippen LogP contribution < -0.4 is 10.2 Å². The molecule has 1 N–H and O–H groups in total. The van der Waals surface area contributed by atoms with Crippen molar-refractivity contribution < 1.29 is 0 Å². The van der Waals surface area contributed by atoms with Crippen LogP contribution in [0.1, 0.15) is 24.2 Å². The van der Waals surface area contributed by atoms with Crippen molar-refractivity contribution in [3.8, 4) is 0 Å². The van der Waals surface area contributed by atoms with E-state index in [4.69, 9.17) is 0 Å². The minimum atomic E-state index is 0.810. The van der Waals surface area contributed by atoms with Crippen molar-refractivity contribution in [3.05, 3.63) is 41.7 Å². The Bertz CT molecular complexity index is 603. The molecule has 3 rings (SSSR count). The monoisotopic (exact) mass is 268 g/mol. The number of hydrogen-bond donors (Lipinski definition) is 1. The summed E-state index contributed by atoms with van der Waals surface area (Å²) in [6.45, 7) is 6.23. The third-order valence-electron chi connectivity index (χ3n) is 3.54. The highest BCUT2D eigenvalue weighted by Crippen LogP contribution is 2.23. The molecule has 2 aromatic rings. The van der Waals surface area contributed by atoms with Crippen LogP contribution in [-0.4, -0.2) is 23.1 Å². The summed E-state index contributed by atoms with van der Waals surface area (Å²) in [5.41, 5.74) is 2.30. The van der Waals surface area contributed by atoms with Crippen molar-refractivity contribution in [1.29, 1.82) is 0 Å². The van der Waals surface area contributed by atoms with Crippen LogP contribution >= 0.6 is 0 Å². The molecule has 0 bridgehead atoms. The number of anilines is 3. The molecule has 4 heteroatoms. The van der Waals surface area contributed by atoms with E-state index in [1.54, 1.807) is 0 Å². The summed E-state index contributed by atoms with van der Waals surface area (Å²) in [5, 5.41) is 3.37. The average molecular weight is 268 g/mol. The molecule has 0 unspecified atom stereocenters. The quantitative estimate of drug-likeness (QED) is 0.926. The highest BCUT2D eigenvalue weighted by atomic mass is 15.2. The molecule has 0 saturated carbocycles. The predicted octanol–water partition coefficient (Wildman–Crippen LogP) is 3.44. The van der Waals surface area contributed by atoms with E-state index in [2.05, 4.69) is 45.3 Å². The lowest BCUT2D eigenvalue weighted by molar-refractivity contribution is 0.912. The van der Waals surface area contributed by atoms with E-state index in [1.807, 2.05) is 19.1 Å². The molecule has 0 amide bonds. The second-order valence-corrected chi connectivity index (χ2v) is 5.35. The van der Waals surface area contributed by atoms with Crippen LogP contribution in [0.25, 0.3) is 0 Å². The maximum Gasteiger partial charge on any atom is 0.136 e. The Balaban J connectivity index is 1.85. The van der Waals surface area contributed by atoms with Gasteiger partial charge in [0.2, 0.25) is 0 Å². The highest BCUT2D eigenvalue weighted by molar-refractivity contribution is 5.60. The Morgan fingerprint density at radius 1 is 1.05 bits per heavy atom. The topological polar surface area (TPSA) is 41.0 Å². The fourth-order valence-corrected chi connectivity index (χ4v) is 2.59. The smallest absolute Gasteiger partial charge is 0.136 e. The molecule has 2 heterocycles. The first-order chi connectivity index (χ1) is 9.70. The zero-order valence-electron chi connectivity index (χ0n) is 12.1. The van der Waals surface area contributed by atoms with Gasteiger partial charge in [-0.15, -0.1) is 0 Å². The molecule has 0 atom stereocenters. The molecule has 1 aromatic carbocycles. The van der Waals surface area contributed by atoms with Crippen LogP contribution in [0.15, 0.2) is 30.3 Å². The van der Waals surface area contributed by atoms with Gasteiger partial charge in [0.05, 0.1) is 0 Å². The van der Waals surface area contributed by atoms with Gasteiger partial charge in [-0.05, 0) is 44.4 Å². The van der Waals surface area contributed by atoms with Crippen LogP contribution in [0, 0.1) is 13.8 Å². The maximum atomic E-state index is 4.55. The van der Waals surface area contributed by atoms with Gasteiger partial charge in [0.25, 0.3) is 0 Å². The van der Waals surface area contributed by atoms with Gasteiger partial charge < -0.3 is 10.2 Å². The van der Waals surface area contributed by atoms with E-state index in [-0.39, 0.29) is 0 Å². The Labute approximate surface area is 119 Å². The molecule has 0 spiro atoms. The maximum absolute atomic E-state index is 4.55. The van der Waals surface area contributed by atoms with Crippen LogP contribution in [0.3, 0.4) is 0 Å². The van der Waals surface area contributed by atoms with Crippen molar-refractivity contribution in [2.24, 2.45) is 0 Å². The summed E-state index contributed by atoms with van der Waals surface area (Å²) in [6, 6.07) is 10.4. The lowest BCUT2D eigenvalue weighted by atomic mass is 10.2. The number of aromatic nitrogens is 2. The second kappa shape index (κ2) is 5.49. The molecule has 104 valence electrons. The van der Waals surface area contributed by atoms with E-state index in [1.165, 1.54) is 18.4 Å². The molecule has 1 aromatic heterocycles. The van der Waals surface area contributed by atoms with Gasteiger partial charge in [-0.3, -0.25) is 0 Å². The van der Waals surface area contributed by atoms with Gasteiger partial charge in [0.15, 0.2) is 0 Å². The largest absolute Gasteiger partial charge is 0.356 e. The molecule has 20 heavy (non-hydrogen) atoms. The fraction of sp³-hybridized carbons (Fsp3) is 0.375. The fourth-order valence-electron chi connectivity index (χ4n) is 2.59. The van der Waals surface area contributed by atoms with Crippen LogP contribution in [0.2, 0.25) is 0 Å². The third-order valence-corrected chi connectivity index (χ3v) is 3.54. The first kappa shape index (κ1) is 12.9. The van der Waals surface area contributed by atoms with E-state index in [0.717, 1.165) is 36.2 Å². The van der Waals surface area contributed by atoms with Crippen LogP contribution in [0.5, 0.6) is 0 Å². The summed E-state index contributed by atoms with van der Waals surface area (Å²) in [6.07, 6.45) is 2.51. The molecule has 1 saturated heterocycles. The van der Waals surface area contributed by atoms with Gasteiger partial charge in [0, 0.05) is 24.8 Å². The summed E-state index contributed by atoms with van der Waals surface area (Å²) >= 11 is 0. The van der Waals surface area contributed by atoms with Crippen molar-refractivity contribution >= 4 is 17.3 Å². The third kappa shape index (κ3) is 2.90. The number of nitrogens with one attached hydrogen (secondary N) is 1. The molecule has 0 radical (unpaired) electrons. The van der Waals surface area contributed by atoms with E-state index in [9.17, 15) is 0 Å². The first-order valence-corrected chi connectivity index (χ1v) is 7.15. The van der Waals surface area contributed by atoms with Crippen molar-refractivity contribution in [1.82, 2.24) is 9.97 Å². The molecule has 0 aliphatic carbocycles. The number of benzene rings is 1. The van der Waals surface area contributed by atoms with Gasteiger partial charge >= 0.3 is 0 Å². The minimum Gasteiger partial charge on any atom is -0.356 e. The van der Waals surface area contributed by atoms with Gasteiger partial charge in [-0.25, -0.2) is 9.97 Å². The Morgan fingerprint density at radius 3 is 2.60 bits per heavy atom. The zero-order valence-corrected chi connectivity index (χ0v) is 12.1. The van der Waals surface area contributed by atoms with Crippen molar-refractivity contribution in [3.63, 3.8) is 0 Å². The summed E-state index contributed by atoms with van der Waals surface area (Å²) in [7, 11) is 0. The van der Waals surface area contributed by atoms with Crippen LogP contribution in [0.4, 0.5) is 17.3 Å². The molecule has 1 aliphatic heterocycles. The summed E-state index contributed by atoms with van der Waals surface area (Å²) < 4.78 is 0. The lowest BCUT2D eigenvalue weighted by Crippen LogP contribution is -2.19. The predicted molar refractivity (Wildman–Crippen MR) is 82.7 cm³/mol. The lowest BCUT2D eigenvalue weighted by Gasteiger charge is -2.17. The second-order valence-electron chi connectivity index (χ2n) is 5.35. The van der Waals surface area contributed by atoms with Gasteiger partial charge in [-0.2, -0.15) is 0 Å². The van der Waals surface area contributed by atoms with Gasteiger partial charge in [-0.1, -0.05) is 12.1 Å². The zero-order chi connectivity index (χ0) is 13.9. The summed E-state index contributed by atoms with van der Waals surface area (Å²) in [4.78, 5) is 11.4. The molecule has 1 fully saturated rings. The van der Waals surface area contributed by atoms with Crippen molar-refractivity contribution in [2.75, 3.05) is 23.3 Å². The summed E-state index contributed by atoms with van der Waals surface area (Å²) in [5.74, 6) is 2.71. The van der Waals surface area contributed by atoms with Crippen molar-refractivity contribution in [2.45, 2.75) is 26.7 Å². The molecule has 1 aliphatic rings. The SMILES string of the molecule is Cc1cccc(Nc2cc(N3CCCC3)nc(C)n2)c1.